The molecule has 0 spiro atoms. The van der Waals surface area contributed by atoms with Crippen molar-refractivity contribution in [2.75, 3.05) is 0 Å². The summed E-state index contributed by atoms with van der Waals surface area (Å²) in [5, 5.41) is 11.1. The van der Waals surface area contributed by atoms with E-state index in [0.29, 0.717) is 5.76 Å². The zero-order chi connectivity index (χ0) is 11.9. The monoisotopic (exact) mass is 282 g/mol. The molecule has 0 fully saturated rings. The van der Waals surface area contributed by atoms with E-state index >= 15 is 0 Å². The van der Waals surface area contributed by atoms with Gasteiger partial charge in [-0.2, -0.15) is 0 Å². The predicted molar refractivity (Wildman–Crippen MR) is 68.4 cm³/mol. The molecule has 0 bridgehead atoms. The number of aliphatic hydroxyl groups excluding tert-OH is 1. The Kier molecular flexibility index (Phi) is 3.08. The highest BCUT2D eigenvalue weighted by Gasteiger charge is 2.20. The first-order valence-electron chi connectivity index (χ1n) is 5.37. The third-order valence-electron chi connectivity index (χ3n) is 2.84. The molecule has 0 amide bonds. The van der Waals surface area contributed by atoms with E-state index < -0.39 is 6.10 Å². The number of halogens is 1. The Labute approximate surface area is 103 Å². The molecule has 2 nitrogen and oxygen atoms in total. The van der Waals surface area contributed by atoms with E-state index in [1.807, 2.05) is 39.0 Å². The molecule has 86 valence electrons. The smallest absolute Gasteiger partial charge is 0.136 e. The number of rotatable bonds is 2. The fourth-order valence-electron chi connectivity index (χ4n) is 1.80. The van der Waals surface area contributed by atoms with Crippen LogP contribution in [-0.2, 0) is 0 Å². The summed E-state index contributed by atoms with van der Waals surface area (Å²) < 4.78 is 6.73. The highest BCUT2D eigenvalue weighted by atomic mass is 79.9. The molecule has 1 aromatic heterocycles. The molecule has 1 heterocycles. The molecule has 0 saturated carbocycles. The maximum atomic E-state index is 10.0. The van der Waals surface area contributed by atoms with Gasteiger partial charge in [-0.3, -0.25) is 0 Å². The summed E-state index contributed by atoms with van der Waals surface area (Å²) in [6, 6.07) is 5.88. The topological polar surface area (TPSA) is 33.4 Å². The molecule has 0 radical (unpaired) electrons. The second kappa shape index (κ2) is 4.22. The van der Waals surface area contributed by atoms with Crippen molar-refractivity contribution in [1.29, 1.82) is 0 Å². The number of aryl methyl sites for hydroxylation is 1. The van der Waals surface area contributed by atoms with E-state index in [0.717, 1.165) is 21.0 Å². The number of hydrogen-bond acceptors (Lipinski definition) is 2. The first kappa shape index (κ1) is 11.7. The van der Waals surface area contributed by atoms with Gasteiger partial charge in [0, 0.05) is 15.4 Å². The lowest BCUT2D eigenvalue weighted by Crippen LogP contribution is -2.05. The van der Waals surface area contributed by atoms with E-state index in [2.05, 4.69) is 15.9 Å². The maximum absolute atomic E-state index is 10.0. The van der Waals surface area contributed by atoms with E-state index in [9.17, 15) is 5.11 Å². The van der Waals surface area contributed by atoms with Crippen LogP contribution in [0.1, 0.15) is 31.3 Å². The molecule has 16 heavy (non-hydrogen) atoms. The van der Waals surface area contributed by atoms with Crippen LogP contribution in [0.5, 0.6) is 0 Å². The number of fused-ring (bicyclic) bond motifs is 1. The van der Waals surface area contributed by atoms with Crippen LogP contribution < -0.4 is 0 Å². The zero-order valence-corrected chi connectivity index (χ0v) is 11.2. The molecule has 1 unspecified atom stereocenters. The van der Waals surface area contributed by atoms with Crippen molar-refractivity contribution in [3.05, 3.63) is 34.0 Å². The van der Waals surface area contributed by atoms with Gasteiger partial charge in [0.05, 0.1) is 0 Å². The quantitative estimate of drug-likeness (QED) is 0.896. The molecule has 0 saturated heterocycles. The predicted octanol–water partition coefficient (Wildman–Crippen LogP) is 4.19. The number of aliphatic hydroxyl groups is 1. The van der Waals surface area contributed by atoms with Crippen molar-refractivity contribution in [3.63, 3.8) is 0 Å². The van der Waals surface area contributed by atoms with Crippen LogP contribution in [0.3, 0.4) is 0 Å². The highest BCUT2D eigenvalue weighted by molar-refractivity contribution is 9.10. The molecule has 3 heteroatoms. The molecule has 2 aromatic rings. The van der Waals surface area contributed by atoms with Crippen LogP contribution in [0.2, 0.25) is 0 Å². The van der Waals surface area contributed by atoms with Gasteiger partial charge in [0.1, 0.15) is 17.4 Å². The van der Waals surface area contributed by atoms with E-state index in [1.165, 1.54) is 0 Å². The molecular weight excluding hydrogens is 268 g/mol. The van der Waals surface area contributed by atoms with Crippen LogP contribution in [0, 0.1) is 12.8 Å². The first-order valence-corrected chi connectivity index (χ1v) is 6.16. The van der Waals surface area contributed by atoms with Crippen molar-refractivity contribution in [2.45, 2.75) is 26.9 Å². The zero-order valence-electron chi connectivity index (χ0n) is 9.62. The minimum Gasteiger partial charge on any atom is -0.458 e. The van der Waals surface area contributed by atoms with Crippen LogP contribution in [0.15, 0.2) is 27.1 Å². The lowest BCUT2D eigenvalue weighted by molar-refractivity contribution is 0.104. The average molecular weight is 283 g/mol. The average Bonchev–Trinajstić information content (AvgIpc) is 2.55. The summed E-state index contributed by atoms with van der Waals surface area (Å²) in [7, 11) is 0. The standard InChI is InChI=1S/C13H15BrO2/c1-7(2)12(15)13-8(3)10-6-9(14)4-5-11(10)16-13/h4-7,12,15H,1-3H3. The van der Waals surface area contributed by atoms with Gasteiger partial charge in [-0.15, -0.1) is 0 Å². The second-order valence-corrected chi connectivity index (χ2v) is 5.34. The van der Waals surface area contributed by atoms with Gasteiger partial charge in [-0.1, -0.05) is 29.8 Å². The van der Waals surface area contributed by atoms with Crippen LogP contribution >= 0.6 is 15.9 Å². The van der Waals surface area contributed by atoms with Crippen molar-refractivity contribution in [3.8, 4) is 0 Å². The third kappa shape index (κ3) is 1.89. The summed E-state index contributed by atoms with van der Waals surface area (Å²) in [6.07, 6.45) is -0.536. The number of furan rings is 1. The highest BCUT2D eigenvalue weighted by Crippen LogP contribution is 2.33. The molecule has 1 N–H and O–H groups in total. The minimum absolute atomic E-state index is 0.155. The van der Waals surface area contributed by atoms with Crippen LogP contribution in [-0.4, -0.2) is 5.11 Å². The van der Waals surface area contributed by atoms with Crippen LogP contribution in [0.25, 0.3) is 11.0 Å². The van der Waals surface area contributed by atoms with Crippen molar-refractivity contribution in [1.82, 2.24) is 0 Å². The minimum atomic E-state index is -0.536. The Morgan fingerprint density at radius 1 is 1.31 bits per heavy atom. The molecule has 0 aliphatic rings. The third-order valence-corrected chi connectivity index (χ3v) is 3.33. The molecule has 1 atom stereocenters. The van der Waals surface area contributed by atoms with E-state index in [-0.39, 0.29) is 5.92 Å². The van der Waals surface area contributed by atoms with Crippen molar-refractivity contribution < 1.29 is 9.52 Å². The lowest BCUT2D eigenvalue weighted by Gasteiger charge is -2.12. The van der Waals surface area contributed by atoms with Crippen LogP contribution in [0.4, 0.5) is 0 Å². The van der Waals surface area contributed by atoms with Gasteiger partial charge in [0.25, 0.3) is 0 Å². The Bertz CT molecular complexity index is 514. The number of benzene rings is 1. The number of hydrogen-bond donors (Lipinski definition) is 1. The molecule has 2 rings (SSSR count). The molecule has 0 aliphatic carbocycles. The van der Waals surface area contributed by atoms with E-state index in [4.69, 9.17) is 4.42 Å². The molecular formula is C13H15BrO2. The summed E-state index contributed by atoms with van der Waals surface area (Å²) in [5.41, 5.74) is 1.85. The summed E-state index contributed by atoms with van der Waals surface area (Å²) in [6.45, 7) is 5.94. The first-order chi connectivity index (χ1) is 7.50. The fourth-order valence-corrected chi connectivity index (χ4v) is 2.16. The van der Waals surface area contributed by atoms with E-state index in [1.54, 1.807) is 0 Å². The van der Waals surface area contributed by atoms with Gasteiger partial charge in [-0.25, -0.2) is 0 Å². The van der Waals surface area contributed by atoms with Gasteiger partial charge in [0.15, 0.2) is 0 Å². The normalized spacial score (nSPS) is 13.6. The van der Waals surface area contributed by atoms with Gasteiger partial charge >= 0.3 is 0 Å². The Morgan fingerprint density at radius 2 is 2.00 bits per heavy atom. The Hall–Kier alpha value is -0.800. The second-order valence-electron chi connectivity index (χ2n) is 4.42. The summed E-state index contributed by atoms with van der Waals surface area (Å²) in [4.78, 5) is 0. The summed E-state index contributed by atoms with van der Waals surface area (Å²) in [5.74, 6) is 0.839. The lowest BCUT2D eigenvalue weighted by atomic mass is 10.0. The SMILES string of the molecule is Cc1c(C(O)C(C)C)oc2ccc(Br)cc12. The Balaban J connectivity index is 2.60. The van der Waals surface area contributed by atoms with Gasteiger partial charge in [0.2, 0.25) is 0 Å². The molecule has 1 aromatic carbocycles. The van der Waals surface area contributed by atoms with Crippen molar-refractivity contribution >= 4 is 26.9 Å². The Morgan fingerprint density at radius 3 is 2.62 bits per heavy atom. The fraction of sp³-hybridized carbons (Fsp3) is 0.385. The largest absolute Gasteiger partial charge is 0.458 e. The van der Waals surface area contributed by atoms with Gasteiger partial charge in [-0.05, 0) is 31.0 Å². The molecule has 0 aliphatic heterocycles. The maximum Gasteiger partial charge on any atom is 0.136 e. The summed E-state index contributed by atoms with van der Waals surface area (Å²) >= 11 is 3.44. The van der Waals surface area contributed by atoms with Crippen molar-refractivity contribution in [2.24, 2.45) is 5.92 Å². The van der Waals surface area contributed by atoms with Gasteiger partial charge < -0.3 is 9.52 Å².